The molecule has 6 nitrogen and oxygen atoms in total. The second-order valence-corrected chi connectivity index (χ2v) is 6.93. The van der Waals surface area contributed by atoms with Crippen molar-refractivity contribution in [3.8, 4) is 5.75 Å². The minimum absolute atomic E-state index is 0.0115. The van der Waals surface area contributed by atoms with Gasteiger partial charge in [-0.3, -0.25) is 9.69 Å². The minimum atomic E-state index is -0.317. The molecule has 0 saturated carbocycles. The smallest absolute Gasteiger partial charge is 0.277 e. The molecule has 3 rings (SSSR count). The lowest BCUT2D eigenvalue weighted by molar-refractivity contribution is -0.123. The fourth-order valence-corrected chi connectivity index (χ4v) is 3.24. The molecule has 1 aliphatic heterocycles. The van der Waals surface area contributed by atoms with Crippen LogP contribution < -0.4 is 10.2 Å². The summed E-state index contributed by atoms with van der Waals surface area (Å²) in [5, 5.41) is 4.95. The molecule has 2 aromatic carbocycles. The summed E-state index contributed by atoms with van der Waals surface area (Å²) in [5.74, 6) is 0.263. The zero-order chi connectivity index (χ0) is 19.8. The highest BCUT2D eigenvalue weighted by atomic mass is 35.5. The van der Waals surface area contributed by atoms with Crippen molar-refractivity contribution in [2.75, 3.05) is 32.9 Å². The van der Waals surface area contributed by atoms with Crippen LogP contribution in [0.3, 0.4) is 0 Å². The molecule has 0 unspecified atom stereocenters. The first-order valence-electron chi connectivity index (χ1n) is 9.21. The Morgan fingerprint density at radius 1 is 1.18 bits per heavy atom. The van der Waals surface area contributed by atoms with E-state index in [1.165, 1.54) is 0 Å². The van der Waals surface area contributed by atoms with Crippen molar-refractivity contribution in [2.45, 2.75) is 13.0 Å². The number of hydrogen-bond acceptors (Lipinski definition) is 5. The van der Waals surface area contributed by atoms with E-state index in [1.807, 2.05) is 25.1 Å². The summed E-state index contributed by atoms with van der Waals surface area (Å²) in [7, 11) is 0. The molecule has 1 saturated heterocycles. The van der Waals surface area contributed by atoms with E-state index in [1.54, 1.807) is 24.3 Å². The van der Waals surface area contributed by atoms with Crippen molar-refractivity contribution in [1.82, 2.24) is 10.3 Å². The second-order valence-electron chi connectivity index (χ2n) is 6.49. The topological polar surface area (TPSA) is 63.2 Å². The van der Waals surface area contributed by atoms with Crippen LogP contribution in [-0.4, -0.2) is 49.4 Å². The van der Waals surface area contributed by atoms with Crippen LogP contribution in [-0.2, 0) is 9.53 Å². The first-order chi connectivity index (χ1) is 13.6. The number of halogens is 1. The maximum Gasteiger partial charge on any atom is 0.277 e. The fraction of sp³-hybridized carbons (Fsp3) is 0.333. The number of rotatable bonds is 7. The number of morpholine rings is 1. The van der Waals surface area contributed by atoms with Crippen LogP contribution in [0.4, 0.5) is 0 Å². The molecule has 1 N–H and O–H groups in total. The van der Waals surface area contributed by atoms with E-state index in [2.05, 4.69) is 27.6 Å². The number of nitrogens with zero attached hydrogens (tertiary/aromatic N) is 2. The Kier molecular flexibility index (Phi) is 7.42. The molecule has 1 fully saturated rings. The van der Waals surface area contributed by atoms with E-state index < -0.39 is 0 Å². The van der Waals surface area contributed by atoms with Gasteiger partial charge in [0.2, 0.25) is 0 Å². The molecule has 0 aliphatic carbocycles. The Morgan fingerprint density at radius 3 is 2.54 bits per heavy atom. The van der Waals surface area contributed by atoms with Gasteiger partial charge in [-0.05, 0) is 36.8 Å². The number of carbonyl (C=O) groups excluding carboxylic acids is 1. The largest absolute Gasteiger partial charge is 0.484 e. The summed E-state index contributed by atoms with van der Waals surface area (Å²) in [6.45, 7) is 4.83. The highest BCUT2D eigenvalue weighted by Crippen LogP contribution is 2.23. The van der Waals surface area contributed by atoms with Crippen molar-refractivity contribution in [3.63, 3.8) is 0 Å². The van der Waals surface area contributed by atoms with Crippen LogP contribution in [0.25, 0.3) is 0 Å². The quantitative estimate of drug-likeness (QED) is 0.571. The van der Waals surface area contributed by atoms with Gasteiger partial charge in [-0.2, -0.15) is 5.10 Å². The summed E-state index contributed by atoms with van der Waals surface area (Å²) in [4.78, 5) is 14.4. The lowest BCUT2D eigenvalue weighted by Crippen LogP contribution is -2.42. The molecule has 7 heteroatoms. The summed E-state index contributed by atoms with van der Waals surface area (Å²) in [6, 6.07) is 17.0. The third-order valence-corrected chi connectivity index (χ3v) is 4.71. The van der Waals surface area contributed by atoms with Crippen LogP contribution in [0.15, 0.2) is 59.7 Å². The van der Waals surface area contributed by atoms with Crippen LogP contribution in [0.2, 0.25) is 5.02 Å². The normalized spacial score (nSPS) is 16.4. The predicted molar refractivity (Wildman–Crippen MR) is 110 cm³/mol. The van der Waals surface area contributed by atoms with E-state index in [0.717, 1.165) is 24.4 Å². The number of nitrogens with one attached hydrogen (secondary N) is 1. The summed E-state index contributed by atoms with van der Waals surface area (Å²) in [6.07, 6.45) is 0. The third-order valence-electron chi connectivity index (χ3n) is 4.46. The Morgan fingerprint density at radius 2 is 1.86 bits per heavy atom. The highest BCUT2D eigenvalue weighted by Gasteiger charge is 2.25. The van der Waals surface area contributed by atoms with E-state index >= 15 is 0 Å². The standard InChI is InChI=1S/C21H24ClN3O3/c1-16(23-24-20(26)15-28-19-9-7-18(22)8-10-19)21(17-5-3-2-4-6-17)25-11-13-27-14-12-25/h2-10,21H,11-15H2,1H3,(H,24,26)/b23-16-/t21-/m1/s1. The molecular formula is C21H24ClN3O3. The van der Waals surface area contributed by atoms with Crippen molar-refractivity contribution >= 4 is 23.2 Å². The van der Waals surface area contributed by atoms with Gasteiger partial charge in [-0.15, -0.1) is 0 Å². The van der Waals surface area contributed by atoms with Gasteiger partial charge >= 0.3 is 0 Å². The molecule has 0 spiro atoms. The molecule has 1 atom stereocenters. The number of amides is 1. The van der Waals surface area contributed by atoms with Crippen LogP contribution in [0, 0.1) is 0 Å². The average molecular weight is 402 g/mol. The Hall–Kier alpha value is -2.41. The number of ether oxygens (including phenoxy) is 2. The lowest BCUT2D eigenvalue weighted by Gasteiger charge is -2.34. The molecule has 1 amide bonds. The van der Waals surface area contributed by atoms with Gasteiger partial charge in [0, 0.05) is 18.1 Å². The molecule has 148 valence electrons. The molecule has 0 radical (unpaired) electrons. The fourth-order valence-electron chi connectivity index (χ4n) is 3.11. The molecule has 0 bridgehead atoms. The van der Waals surface area contributed by atoms with Gasteiger partial charge < -0.3 is 9.47 Å². The van der Waals surface area contributed by atoms with Crippen molar-refractivity contribution in [3.05, 3.63) is 65.2 Å². The predicted octanol–water partition coefficient (Wildman–Crippen LogP) is 3.28. The number of hydrazone groups is 1. The minimum Gasteiger partial charge on any atom is -0.484 e. The molecule has 2 aromatic rings. The SMILES string of the molecule is C/C(=N/NC(=O)COc1ccc(Cl)cc1)[C@H](c1ccccc1)N1CCOCC1. The highest BCUT2D eigenvalue weighted by molar-refractivity contribution is 6.30. The monoisotopic (exact) mass is 401 g/mol. The van der Waals surface area contributed by atoms with Gasteiger partial charge in [0.1, 0.15) is 5.75 Å². The van der Waals surface area contributed by atoms with Gasteiger partial charge in [0.15, 0.2) is 6.61 Å². The Bertz CT molecular complexity index is 790. The summed E-state index contributed by atoms with van der Waals surface area (Å²) < 4.78 is 10.9. The first kappa shape index (κ1) is 20.3. The Labute approximate surface area is 170 Å². The molecule has 1 heterocycles. The van der Waals surface area contributed by atoms with Gasteiger partial charge in [0.25, 0.3) is 5.91 Å². The van der Waals surface area contributed by atoms with Gasteiger partial charge in [-0.1, -0.05) is 41.9 Å². The van der Waals surface area contributed by atoms with Crippen molar-refractivity contribution in [1.29, 1.82) is 0 Å². The maximum absolute atomic E-state index is 12.1. The molecule has 1 aliphatic rings. The van der Waals surface area contributed by atoms with E-state index in [0.29, 0.717) is 24.0 Å². The lowest BCUT2D eigenvalue weighted by atomic mass is 10.0. The van der Waals surface area contributed by atoms with Crippen LogP contribution in [0.5, 0.6) is 5.75 Å². The van der Waals surface area contributed by atoms with E-state index in [-0.39, 0.29) is 18.6 Å². The maximum atomic E-state index is 12.1. The number of benzene rings is 2. The van der Waals surface area contributed by atoms with Gasteiger partial charge in [0.05, 0.1) is 25.0 Å². The zero-order valence-corrected chi connectivity index (χ0v) is 16.6. The number of hydrogen-bond donors (Lipinski definition) is 1. The van der Waals surface area contributed by atoms with E-state index in [9.17, 15) is 4.79 Å². The molecule has 28 heavy (non-hydrogen) atoms. The van der Waals surface area contributed by atoms with Gasteiger partial charge in [-0.25, -0.2) is 5.43 Å². The third kappa shape index (κ3) is 5.79. The number of carbonyl (C=O) groups is 1. The zero-order valence-electron chi connectivity index (χ0n) is 15.8. The second kappa shape index (κ2) is 10.2. The summed E-state index contributed by atoms with van der Waals surface area (Å²) >= 11 is 5.84. The molecular weight excluding hydrogens is 378 g/mol. The first-order valence-corrected chi connectivity index (χ1v) is 9.59. The summed E-state index contributed by atoms with van der Waals surface area (Å²) in [5.41, 5.74) is 4.54. The van der Waals surface area contributed by atoms with Crippen molar-refractivity contribution < 1.29 is 14.3 Å². The van der Waals surface area contributed by atoms with Crippen LogP contribution >= 0.6 is 11.6 Å². The molecule has 0 aromatic heterocycles. The Balaban J connectivity index is 1.62. The van der Waals surface area contributed by atoms with E-state index in [4.69, 9.17) is 21.1 Å². The van der Waals surface area contributed by atoms with Crippen LogP contribution in [0.1, 0.15) is 18.5 Å². The average Bonchev–Trinajstić information content (AvgIpc) is 2.73. The van der Waals surface area contributed by atoms with Crippen molar-refractivity contribution in [2.24, 2.45) is 5.10 Å².